The Bertz CT molecular complexity index is 1310. The average Bonchev–Trinajstić information content (AvgIpc) is 3.17. The van der Waals surface area contributed by atoms with Gasteiger partial charge in [0.05, 0.1) is 29.0 Å². The lowest BCUT2D eigenvalue weighted by Crippen LogP contribution is -2.55. The highest BCUT2D eigenvalue weighted by Crippen LogP contribution is 2.40. The van der Waals surface area contributed by atoms with Gasteiger partial charge in [0, 0.05) is 30.1 Å². The molecule has 0 radical (unpaired) electrons. The average molecular weight is 457 g/mol. The third-order valence-electron chi connectivity index (χ3n) is 5.87. The summed E-state index contributed by atoms with van der Waals surface area (Å²) in [6.07, 6.45) is 5.86. The summed E-state index contributed by atoms with van der Waals surface area (Å²) in [6.45, 7) is 6.67. The number of ether oxygens (including phenoxy) is 2. The Morgan fingerprint density at radius 2 is 1.94 bits per heavy atom. The highest BCUT2D eigenvalue weighted by molar-refractivity contribution is 6.02. The van der Waals surface area contributed by atoms with E-state index in [2.05, 4.69) is 27.1 Å². The normalized spacial score (nSPS) is 15.7. The minimum Gasteiger partial charge on any atom is -0.489 e. The molecule has 7 heteroatoms. The van der Waals surface area contributed by atoms with Crippen LogP contribution in [0.1, 0.15) is 27.2 Å². The molecule has 1 aliphatic heterocycles. The fourth-order valence-electron chi connectivity index (χ4n) is 4.17. The van der Waals surface area contributed by atoms with Crippen molar-refractivity contribution in [3.63, 3.8) is 0 Å². The molecular weight excluding hydrogens is 428 g/mol. The number of amides is 1. The molecule has 5 rings (SSSR count). The van der Waals surface area contributed by atoms with Gasteiger partial charge in [-0.15, -0.1) is 0 Å². The van der Waals surface area contributed by atoms with Gasteiger partial charge in [-0.05, 0) is 51.0 Å². The Labute approximate surface area is 198 Å². The van der Waals surface area contributed by atoms with E-state index in [-0.39, 0.29) is 12.1 Å². The van der Waals surface area contributed by atoms with Gasteiger partial charge in [-0.2, -0.15) is 0 Å². The van der Waals surface area contributed by atoms with E-state index < -0.39 is 5.60 Å². The van der Waals surface area contributed by atoms with Crippen LogP contribution in [0.5, 0.6) is 5.75 Å². The van der Waals surface area contributed by atoms with E-state index >= 15 is 0 Å². The van der Waals surface area contributed by atoms with Crippen LogP contribution in [-0.2, 0) is 4.74 Å². The zero-order valence-corrected chi connectivity index (χ0v) is 19.6. The Morgan fingerprint density at radius 1 is 1.12 bits per heavy atom. The highest BCUT2D eigenvalue weighted by atomic mass is 16.6. The van der Waals surface area contributed by atoms with Crippen molar-refractivity contribution in [3.8, 4) is 28.1 Å². The van der Waals surface area contributed by atoms with Crippen LogP contribution in [0.4, 0.5) is 4.79 Å². The topological polar surface area (TPSA) is 80.3 Å². The second-order valence-corrected chi connectivity index (χ2v) is 9.44. The van der Waals surface area contributed by atoms with E-state index in [1.54, 1.807) is 23.5 Å². The maximum Gasteiger partial charge on any atom is 0.410 e. The molecule has 4 heterocycles. The van der Waals surface area contributed by atoms with Crippen LogP contribution in [0.15, 0.2) is 67.1 Å². The lowest BCUT2D eigenvalue weighted by molar-refractivity contribution is -0.0141. The van der Waals surface area contributed by atoms with Crippen LogP contribution in [0.3, 0.4) is 0 Å². The molecule has 34 heavy (non-hydrogen) atoms. The molecule has 0 aliphatic carbocycles. The molecule has 1 fully saturated rings. The number of likely N-dealkylation sites (tertiary alicyclic amines) is 1. The molecule has 174 valence electrons. The van der Waals surface area contributed by atoms with Gasteiger partial charge in [0.25, 0.3) is 0 Å². The maximum absolute atomic E-state index is 12.5. The number of aromatic amines is 1. The Kier molecular flexibility index (Phi) is 5.69. The van der Waals surface area contributed by atoms with Crippen molar-refractivity contribution in [1.82, 2.24) is 19.9 Å². The van der Waals surface area contributed by atoms with Crippen LogP contribution in [-0.4, -0.2) is 50.7 Å². The van der Waals surface area contributed by atoms with Gasteiger partial charge in [-0.3, -0.25) is 9.97 Å². The summed E-state index contributed by atoms with van der Waals surface area (Å²) in [6, 6.07) is 16.1. The van der Waals surface area contributed by atoms with Crippen molar-refractivity contribution in [3.05, 3.63) is 67.1 Å². The number of aromatic nitrogens is 3. The Balaban J connectivity index is 1.44. The van der Waals surface area contributed by atoms with Gasteiger partial charge >= 0.3 is 6.09 Å². The number of pyridine rings is 2. The third kappa shape index (κ3) is 4.33. The van der Waals surface area contributed by atoms with Gasteiger partial charge in [-0.25, -0.2) is 4.79 Å². The molecule has 0 saturated carbocycles. The molecular formula is C27H28N4O3. The van der Waals surface area contributed by atoms with Crippen molar-refractivity contribution in [2.45, 2.75) is 38.8 Å². The fourth-order valence-corrected chi connectivity index (χ4v) is 4.17. The lowest BCUT2D eigenvalue weighted by atomic mass is 10.0. The van der Waals surface area contributed by atoms with Crippen molar-refractivity contribution >= 4 is 17.1 Å². The number of hydrogen-bond donors (Lipinski definition) is 1. The first kappa shape index (κ1) is 21.9. The number of hydrogen-bond acceptors (Lipinski definition) is 5. The first-order valence-electron chi connectivity index (χ1n) is 11.5. The van der Waals surface area contributed by atoms with E-state index in [4.69, 9.17) is 9.47 Å². The quantitative estimate of drug-likeness (QED) is 0.418. The van der Waals surface area contributed by atoms with E-state index in [9.17, 15) is 4.79 Å². The minimum atomic E-state index is -0.522. The number of carbonyl (C=O) groups excluding carboxylic acids is 1. The predicted molar refractivity (Wildman–Crippen MR) is 132 cm³/mol. The molecule has 1 atom stereocenters. The zero-order valence-electron chi connectivity index (χ0n) is 19.6. The third-order valence-corrected chi connectivity index (χ3v) is 5.87. The number of benzene rings is 1. The number of fused-ring (bicyclic) bond motifs is 1. The molecule has 3 aromatic heterocycles. The second-order valence-electron chi connectivity index (χ2n) is 9.44. The summed E-state index contributed by atoms with van der Waals surface area (Å²) in [5.41, 5.74) is 5.25. The molecule has 1 saturated heterocycles. The standard InChI is InChI=1S/C27H28N4O3/c1-27(2,3)34-26(32)31-15-12-19(31)17-33-22-16-28-14-11-20(22)24-23(18-8-5-4-6-9-18)25-21(30-24)10-7-13-29-25/h4-11,13-14,16,19,30H,12,15,17H2,1-3H3/t19-/m1/s1. The van der Waals surface area contributed by atoms with Crippen molar-refractivity contribution in [1.29, 1.82) is 0 Å². The maximum atomic E-state index is 12.5. The monoisotopic (exact) mass is 456 g/mol. The smallest absolute Gasteiger partial charge is 0.410 e. The minimum absolute atomic E-state index is 0.0270. The number of nitrogens with one attached hydrogen (secondary N) is 1. The van der Waals surface area contributed by atoms with Crippen molar-refractivity contribution < 1.29 is 14.3 Å². The van der Waals surface area contributed by atoms with Crippen molar-refractivity contribution in [2.75, 3.05) is 13.2 Å². The Hall–Kier alpha value is -3.87. The second kappa shape index (κ2) is 8.82. The number of rotatable bonds is 5. The van der Waals surface area contributed by atoms with Crippen molar-refractivity contribution in [2.24, 2.45) is 0 Å². The zero-order chi connectivity index (χ0) is 23.7. The molecule has 1 aromatic carbocycles. The molecule has 0 bridgehead atoms. The van der Waals surface area contributed by atoms with Crippen LogP contribution >= 0.6 is 0 Å². The highest BCUT2D eigenvalue weighted by Gasteiger charge is 2.36. The number of H-pyrrole nitrogens is 1. The van der Waals surface area contributed by atoms with Crippen LogP contribution in [0.25, 0.3) is 33.4 Å². The Morgan fingerprint density at radius 3 is 2.68 bits per heavy atom. The summed E-state index contributed by atoms with van der Waals surface area (Å²) in [5, 5.41) is 0. The van der Waals surface area contributed by atoms with E-state index in [1.165, 1.54) is 0 Å². The van der Waals surface area contributed by atoms with E-state index in [1.807, 2.05) is 57.2 Å². The SMILES string of the molecule is CC(C)(C)OC(=O)N1CC[C@@H]1COc1cnccc1-c1[nH]c2cccnc2c1-c1ccccc1. The lowest BCUT2D eigenvalue weighted by Gasteiger charge is -2.41. The number of nitrogens with zero attached hydrogens (tertiary/aromatic N) is 3. The van der Waals surface area contributed by atoms with Gasteiger partial charge in [0.1, 0.15) is 18.0 Å². The van der Waals surface area contributed by atoms with Gasteiger partial charge < -0.3 is 19.4 Å². The van der Waals surface area contributed by atoms with E-state index in [0.29, 0.717) is 18.9 Å². The summed E-state index contributed by atoms with van der Waals surface area (Å²) < 4.78 is 11.8. The summed E-state index contributed by atoms with van der Waals surface area (Å²) >= 11 is 0. The molecule has 1 aliphatic rings. The molecule has 0 spiro atoms. The molecule has 4 aromatic rings. The van der Waals surface area contributed by atoms with Gasteiger partial charge in [0.15, 0.2) is 0 Å². The van der Waals surface area contributed by atoms with Crippen LogP contribution in [0.2, 0.25) is 0 Å². The van der Waals surface area contributed by atoms with Crippen LogP contribution < -0.4 is 4.74 Å². The first-order chi connectivity index (χ1) is 16.4. The molecule has 0 unspecified atom stereocenters. The van der Waals surface area contributed by atoms with E-state index in [0.717, 1.165) is 39.8 Å². The predicted octanol–water partition coefficient (Wildman–Crippen LogP) is 5.68. The largest absolute Gasteiger partial charge is 0.489 e. The summed E-state index contributed by atoms with van der Waals surface area (Å²) in [7, 11) is 0. The fraction of sp³-hybridized carbons (Fsp3) is 0.296. The molecule has 1 N–H and O–H groups in total. The first-order valence-corrected chi connectivity index (χ1v) is 11.5. The molecule has 7 nitrogen and oxygen atoms in total. The van der Waals surface area contributed by atoms with Crippen LogP contribution in [0, 0.1) is 0 Å². The van der Waals surface area contributed by atoms with Gasteiger partial charge in [0.2, 0.25) is 0 Å². The molecule has 1 amide bonds. The summed E-state index contributed by atoms with van der Waals surface area (Å²) in [4.78, 5) is 26.7. The van der Waals surface area contributed by atoms with Gasteiger partial charge in [-0.1, -0.05) is 30.3 Å². The number of carbonyl (C=O) groups is 1. The summed E-state index contributed by atoms with van der Waals surface area (Å²) in [5.74, 6) is 0.655.